The molecule has 0 radical (unpaired) electrons. The third-order valence-electron chi connectivity index (χ3n) is 7.87. The Hall–Kier alpha value is -2.62. The second-order valence-corrected chi connectivity index (χ2v) is 15.5. The number of nitrogens with zero attached hydrogens (tertiary/aromatic N) is 1. The Balaban J connectivity index is 4.72. The number of hydrogen-bond donors (Lipinski definition) is 3. The van der Waals surface area contributed by atoms with Gasteiger partial charge in [-0.3, -0.25) is 9.36 Å². The van der Waals surface area contributed by atoms with Crippen LogP contribution in [0.15, 0.2) is 97.2 Å². The van der Waals surface area contributed by atoms with Crippen LogP contribution in [0.2, 0.25) is 0 Å². The normalized spacial score (nSPS) is 16.2. The molecule has 9 nitrogen and oxygen atoms in total. The molecule has 0 aliphatic rings. The molecule has 0 aromatic carbocycles. The Morgan fingerprint density at radius 1 is 0.736 bits per heavy atom. The van der Waals surface area contributed by atoms with Crippen LogP contribution in [-0.2, 0) is 18.4 Å². The molecule has 0 aromatic rings. The number of carbonyl (C=O) groups excluding carboxylic acids is 1. The highest BCUT2D eigenvalue weighted by atomic mass is 31.2. The molecule has 0 aliphatic heterocycles. The molecule has 1 amide bonds. The predicted molar refractivity (Wildman–Crippen MR) is 220 cm³/mol. The van der Waals surface area contributed by atoms with Crippen molar-refractivity contribution >= 4 is 13.7 Å². The SMILES string of the molecule is CC/C=C\CC(O)/C=C/C=C/C/C=C\C/C=C\C/C=C\CCC(=O)N[C@@H](COP(=O)([O-])OCC[N+](C)(C)C)[C@H](O)/C=C/CC/C=C\CCCCCCC. The summed E-state index contributed by atoms with van der Waals surface area (Å²) in [6.45, 7) is 4.28. The molecule has 0 aromatic heterocycles. The van der Waals surface area contributed by atoms with Gasteiger partial charge in [-0.25, -0.2) is 0 Å². The fourth-order valence-electron chi connectivity index (χ4n) is 4.68. The number of phosphoric ester groups is 1. The number of allylic oxidation sites excluding steroid dienone is 13. The Morgan fingerprint density at radius 2 is 1.36 bits per heavy atom. The van der Waals surface area contributed by atoms with Gasteiger partial charge in [-0.15, -0.1) is 0 Å². The van der Waals surface area contributed by atoms with Crippen molar-refractivity contribution in [1.29, 1.82) is 0 Å². The molecule has 0 heterocycles. The van der Waals surface area contributed by atoms with E-state index >= 15 is 0 Å². The van der Waals surface area contributed by atoms with Crippen LogP contribution < -0.4 is 10.2 Å². The fraction of sp³-hybridized carbons (Fsp3) is 0.605. The number of phosphoric acid groups is 1. The number of amides is 1. The zero-order chi connectivity index (χ0) is 39.5. The molecule has 0 saturated carbocycles. The number of rotatable bonds is 33. The lowest BCUT2D eigenvalue weighted by Crippen LogP contribution is -2.45. The summed E-state index contributed by atoms with van der Waals surface area (Å²) in [6, 6.07) is -0.959. The van der Waals surface area contributed by atoms with E-state index in [0.29, 0.717) is 30.3 Å². The number of aliphatic hydroxyl groups is 2. The Morgan fingerprint density at radius 3 is 2.04 bits per heavy atom. The minimum absolute atomic E-state index is 0.0329. The van der Waals surface area contributed by atoms with E-state index in [1.165, 1.54) is 32.1 Å². The molecule has 53 heavy (non-hydrogen) atoms. The number of carbonyl (C=O) groups is 1. The van der Waals surface area contributed by atoms with E-state index in [9.17, 15) is 24.5 Å². The van der Waals surface area contributed by atoms with Crippen LogP contribution in [0.5, 0.6) is 0 Å². The summed E-state index contributed by atoms with van der Waals surface area (Å²) in [5.74, 6) is -0.310. The van der Waals surface area contributed by atoms with Crippen LogP contribution in [0.4, 0.5) is 0 Å². The summed E-state index contributed by atoms with van der Waals surface area (Å²) in [7, 11) is 1.15. The number of aliphatic hydroxyl groups excluding tert-OH is 2. The van der Waals surface area contributed by atoms with Gasteiger partial charge in [0, 0.05) is 6.42 Å². The molecule has 10 heteroatoms. The lowest BCUT2D eigenvalue weighted by Gasteiger charge is -2.29. The number of nitrogens with one attached hydrogen (secondary N) is 1. The molecule has 0 saturated heterocycles. The minimum atomic E-state index is -4.62. The van der Waals surface area contributed by atoms with E-state index in [2.05, 4.69) is 61.7 Å². The molecule has 0 spiro atoms. The summed E-state index contributed by atoms with van der Waals surface area (Å²) >= 11 is 0. The van der Waals surface area contributed by atoms with Crippen LogP contribution >= 0.6 is 7.82 Å². The van der Waals surface area contributed by atoms with Gasteiger partial charge in [0.1, 0.15) is 13.2 Å². The monoisotopic (exact) mass is 761 g/mol. The molecule has 0 bridgehead atoms. The van der Waals surface area contributed by atoms with Gasteiger partial charge in [-0.2, -0.15) is 0 Å². The van der Waals surface area contributed by atoms with Crippen molar-refractivity contribution in [3.63, 3.8) is 0 Å². The second-order valence-electron chi connectivity index (χ2n) is 14.1. The molecule has 2 unspecified atom stereocenters. The third-order valence-corrected chi connectivity index (χ3v) is 8.84. The van der Waals surface area contributed by atoms with E-state index in [0.717, 1.165) is 38.5 Å². The van der Waals surface area contributed by atoms with Crippen molar-refractivity contribution in [1.82, 2.24) is 5.32 Å². The maximum atomic E-state index is 12.8. The second kappa shape index (κ2) is 33.9. The van der Waals surface area contributed by atoms with Crippen molar-refractivity contribution in [3.8, 4) is 0 Å². The molecular formula is C43H73N2O7P. The topological polar surface area (TPSA) is 128 Å². The Bertz CT molecular complexity index is 1200. The van der Waals surface area contributed by atoms with Crippen LogP contribution in [0.1, 0.15) is 110 Å². The first-order valence-electron chi connectivity index (χ1n) is 19.7. The van der Waals surface area contributed by atoms with Gasteiger partial charge in [-0.1, -0.05) is 137 Å². The van der Waals surface area contributed by atoms with Crippen molar-refractivity contribution in [2.45, 2.75) is 128 Å². The highest BCUT2D eigenvalue weighted by Crippen LogP contribution is 2.38. The summed E-state index contributed by atoms with van der Waals surface area (Å²) in [5.41, 5.74) is 0. The lowest BCUT2D eigenvalue weighted by atomic mass is 10.1. The quantitative estimate of drug-likeness (QED) is 0.0201. The van der Waals surface area contributed by atoms with E-state index in [-0.39, 0.29) is 18.9 Å². The zero-order valence-electron chi connectivity index (χ0n) is 33.5. The first kappa shape index (κ1) is 50.4. The van der Waals surface area contributed by atoms with Gasteiger partial charge in [0.25, 0.3) is 7.82 Å². The lowest BCUT2D eigenvalue weighted by molar-refractivity contribution is -0.870. The first-order chi connectivity index (χ1) is 25.4. The van der Waals surface area contributed by atoms with E-state index in [4.69, 9.17) is 9.05 Å². The largest absolute Gasteiger partial charge is 0.756 e. The molecular weight excluding hydrogens is 687 g/mol. The van der Waals surface area contributed by atoms with Gasteiger partial charge in [-0.05, 0) is 64.2 Å². The molecule has 0 rings (SSSR count). The van der Waals surface area contributed by atoms with Crippen LogP contribution in [0.25, 0.3) is 0 Å². The molecule has 0 aliphatic carbocycles. The summed E-state index contributed by atoms with van der Waals surface area (Å²) in [6.07, 6.45) is 43.7. The fourth-order valence-corrected chi connectivity index (χ4v) is 5.41. The average Bonchev–Trinajstić information content (AvgIpc) is 3.10. The maximum Gasteiger partial charge on any atom is 0.268 e. The Labute approximate surface area is 322 Å². The number of quaternary nitrogens is 1. The highest BCUT2D eigenvalue weighted by molar-refractivity contribution is 7.45. The van der Waals surface area contributed by atoms with Gasteiger partial charge in [0.2, 0.25) is 5.91 Å². The van der Waals surface area contributed by atoms with Crippen LogP contribution in [-0.4, -0.2) is 79.8 Å². The predicted octanol–water partition coefficient (Wildman–Crippen LogP) is 8.74. The smallest absolute Gasteiger partial charge is 0.268 e. The summed E-state index contributed by atoms with van der Waals surface area (Å²) in [5, 5.41) is 23.4. The van der Waals surface area contributed by atoms with Gasteiger partial charge >= 0.3 is 0 Å². The van der Waals surface area contributed by atoms with E-state index in [1.54, 1.807) is 12.2 Å². The van der Waals surface area contributed by atoms with E-state index < -0.39 is 32.7 Å². The zero-order valence-corrected chi connectivity index (χ0v) is 34.4. The van der Waals surface area contributed by atoms with Crippen LogP contribution in [0, 0.1) is 0 Å². The maximum absolute atomic E-state index is 12.8. The highest BCUT2D eigenvalue weighted by Gasteiger charge is 2.23. The van der Waals surface area contributed by atoms with Gasteiger partial charge < -0.3 is 34.0 Å². The van der Waals surface area contributed by atoms with Crippen molar-refractivity contribution in [2.75, 3.05) is 40.9 Å². The van der Waals surface area contributed by atoms with Gasteiger partial charge in [0.05, 0.1) is 46.0 Å². The minimum Gasteiger partial charge on any atom is -0.756 e. The summed E-state index contributed by atoms with van der Waals surface area (Å²) < 4.78 is 23.0. The molecule has 0 fully saturated rings. The number of unbranched alkanes of at least 4 members (excludes halogenated alkanes) is 6. The molecule has 302 valence electrons. The third kappa shape index (κ3) is 36.1. The van der Waals surface area contributed by atoms with Crippen molar-refractivity contribution in [2.24, 2.45) is 0 Å². The van der Waals surface area contributed by atoms with Crippen LogP contribution in [0.3, 0.4) is 0 Å². The standard InChI is InChI=1S/C43H73N2O7P/c1-6-8-10-11-12-13-17-21-24-27-31-35-42(47)41(39-52-53(49,50)51-38-37-45(3,4)5)44-43(48)36-32-28-25-22-19-16-14-15-18-20-23-26-30-34-40(46)33-29-9-7-2/h9,15-19,21,23,25-26,28-31,34-35,40-42,46-47H,6-8,10-14,20,22,24,27,32-33,36-39H2,1-5H3,(H-,44,48,49,50)/b18-15-,19-16-,21-17-,26-23+,28-25-,29-9-,34-30+,35-31+/t40?,41-,42+/m0/s1. The molecule has 4 atom stereocenters. The number of likely N-dealkylation sites (N-methyl/N-ethyl adjacent to an activating group) is 1. The number of hydrogen-bond acceptors (Lipinski definition) is 7. The Kier molecular flexibility index (Phi) is 32.2. The van der Waals surface area contributed by atoms with Crippen molar-refractivity contribution in [3.05, 3.63) is 97.2 Å². The average molecular weight is 761 g/mol. The van der Waals surface area contributed by atoms with Crippen molar-refractivity contribution < 1.29 is 38.0 Å². The van der Waals surface area contributed by atoms with Gasteiger partial charge in [0.15, 0.2) is 0 Å². The summed E-state index contributed by atoms with van der Waals surface area (Å²) in [4.78, 5) is 25.1. The molecule has 3 N–H and O–H groups in total. The van der Waals surface area contributed by atoms with E-state index in [1.807, 2.05) is 63.7 Å². The first-order valence-corrected chi connectivity index (χ1v) is 21.2.